The molecule has 0 heterocycles. The molecule has 0 bridgehead atoms. The predicted molar refractivity (Wildman–Crippen MR) is 44.4 cm³/mol. The Balaban J connectivity index is 0. The number of rotatable bonds is 2. The average Bonchev–Trinajstić information content (AvgIpc) is 1.89. The van der Waals surface area contributed by atoms with E-state index < -0.39 is 5.97 Å². The quantitative estimate of drug-likeness (QED) is 0.601. The van der Waals surface area contributed by atoms with E-state index in [-0.39, 0.29) is 11.7 Å². The fourth-order valence-electron chi connectivity index (χ4n) is 0. The molecule has 0 spiro atoms. The third kappa shape index (κ3) is 17.6. The van der Waals surface area contributed by atoms with Gasteiger partial charge >= 0.3 is 5.97 Å². The Morgan fingerprint density at radius 1 is 1.64 bits per heavy atom. The van der Waals surface area contributed by atoms with Crippen LogP contribution in [0.1, 0.15) is 27.2 Å². The van der Waals surface area contributed by atoms with E-state index in [9.17, 15) is 4.79 Å². The first kappa shape index (κ1) is 12.8. The number of carbonyl (C=O) groups is 1. The molecular weight excluding hydrogens is 144 g/mol. The van der Waals surface area contributed by atoms with Crippen molar-refractivity contribution in [1.82, 2.24) is 0 Å². The Morgan fingerprint density at radius 2 is 1.82 bits per heavy atom. The minimum absolute atomic E-state index is 0.116. The number of carboxylic acids is 1. The Kier molecular flexibility index (Phi) is 8.48. The number of hydrogen-bond donors (Lipinski definition) is 2. The summed E-state index contributed by atoms with van der Waals surface area (Å²) in [5.41, 5.74) is 0.176. The van der Waals surface area contributed by atoms with Crippen molar-refractivity contribution >= 4 is 5.97 Å². The van der Waals surface area contributed by atoms with Gasteiger partial charge in [0.25, 0.3) is 0 Å². The molecule has 2 N–H and O–H groups in total. The number of aliphatic carboxylic acids is 1. The summed E-state index contributed by atoms with van der Waals surface area (Å²) in [6.07, 6.45) is 0.745. The van der Waals surface area contributed by atoms with Gasteiger partial charge in [0, 0.05) is 5.57 Å². The van der Waals surface area contributed by atoms with Gasteiger partial charge in [0.1, 0.15) is 0 Å². The summed E-state index contributed by atoms with van der Waals surface area (Å²) in [4.78, 5) is 9.60. The SMILES string of the molecule is C=C(C)C(=O)O.CCC(C)O. The molecule has 0 aromatic carbocycles. The second-order valence-electron chi connectivity index (χ2n) is 2.34. The highest BCUT2D eigenvalue weighted by Crippen LogP contribution is 1.81. The van der Waals surface area contributed by atoms with Crippen molar-refractivity contribution in [1.29, 1.82) is 0 Å². The van der Waals surface area contributed by atoms with Crippen molar-refractivity contribution in [3.05, 3.63) is 12.2 Å². The largest absolute Gasteiger partial charge is 0.478 e. The molecule has 1 atom stereocenters. The monoisotopic (exact) mass is 160 g/mol. The van der Waals surface area contributed by atoms with Crippen LogP contribution in [0.25, 0.3) is 0 Å². The van der Waals surface area contributed by atoms with Crippen molar-refractivity contribution in [2.75, 3.05) is 0 Å². The zero-order valence-corrected chi connectivity index (χ0v) is 7.29. The van der Waals surface area contributed by atoms with Gasteiger partial charge in [0.2, 0.25) is 0 Å². The lowest BCUT2D eigenvalue weighted by Crippen LogP contribution is -1.93. The Morgan fingerprint density at radius 3 is 1.82 bits per heavy atom. The summed E-state index contributed by atoms with van der Waals surface area (Å²) in [5.74, 6) is -0.935. The van der Waals surface area contributed by atoms with Crippen LogP contribution in [0.5, 0.6) is 0 Å². The van der Waals surface area contributed by atoms with E-state index >= 15 is 0 Å². The molecule has 0 aromatic heterocycles. The molecule has 66 valence electrons. The van der Waals surface area contributed by atoms with Crippen molar-refractivity contribution in [2.24, 2.45) is 0 Å². The van der Waals surface area contributed by atoms with Gasteiger partial charge in [-0.15, -0.1) is 0 Å². The molecule has 0 saturated carbocycles. The summed E-state index contributed by atoms with van der Waals surface area (Å²) in [6, 6.07) is 0. The van der Waals surface area contributed by atoms with E-state index in [0.29, 0.717) is 0 Å². The molecular formula is C8H16O3. The van der Waals surface area contributed by atoms with Gasteiger partial charge in [-0.3, -0.25) is 0 Å². The fourth-order valence-corrected chi connectivity index (χ4v) is 0. The summed E-state index contributed by atoms with van der Waals surface area (Å²) in [6.45, 7) is 8.33. The molecule has 0 aromatic rings. The molecule has 0 aliphatic carbocycles. The third-order valence-corrected chi connectivity index (χ3v) is 0.956. The van der Waals surface area contributed by atoms with Gasteiger partial charge in [0.15, 0.2) is 0 Å². The highest BCUT2D eigenvalue weighted by molar-refractivity contribution is 5.84. The van der Waals surface area contributed by atoms with Crippen LogP contribution in [0.4, 0.5) is 0 Å². The predicted octanol–water partition coefficient (Wildman–Crippen LogP) is 1.42. The van der Waals surface area contributed by atoms with E-state index in [1.807, 2.05) is 6.92 Å². The van der Waals surface area contributed by atoms with Crippen molar-refractivity contribution < 1.29 is 15.0 Å². The molecule has 3 nitrogen and oxygen atoms in total. The van der Waals surface area contributed by atoms with E-state index in [1.165, 1.54) is 6.92 Å². The minimum atomic E-state index is -0.935. The van der Waals surface area contributed by atoms with Gasteiger partial charge in [-0.2, -0.15) is 0 Å². The Labute approximate surface area is 67.4 Å². The van der Waals surface area contributed by atoms with Crippen molar-refractivity contribution in [2.45, 2.75) is 33.3 Å². The highest BCUT2D eigenvalue weighted by atomic mass is 16.4. The normalized spacial score (nSPS) is 10.9. The smallest absolute Gasteiger partial charge is 0.330 e. The summed E-state index contributed by atoms with van der Waals surface area (Å²) in [7, 11) is 0. The molecule has 0 rings (SSSR count). The van der Waals surface area contributed by atoms with Crippen molar-refractivity contribution in [3.63, 3.8) is 0 Å². The van der Waals surface area contributed by atoms with Gasteiger partial charge in [-0.05, 0) is 20.3 Å². The van der Waals surface area contributed by atoms with Crippen molar-refractivity contribution in [3.8, 4) is 0 Å². The van der Waals surface area contributed by atoms with Crippen LogP contribution in [0, 0.1) is 0 Å². The first-order valence-corrected chi connectivity index (χ1v) is 3.48. The van der Waals surface area contributed by atoms with E-state index in [4.69, 9.17) is 10.2 Å². The number of aliphatic hydroxyl groups is 1. The minimum Gasteiger partial charge on any atom is -0.478 e. The second kappa shape index (κ2) is 7.28. The standard InChI is InChI=1S/C4H6O2.C4H10O/c1-3(2)4(5)6;1-3-4(2)5/h1H2,2H3,(H,5,6);4-5H,3H2,1-2H3. The Hall–Kier alpha value is -0.830. The van der Waals surface area contributed by atoms with Crippen LogP contribution < -0.4 is 0 Å². The number of aliphatic hydroxyl groups excluding tert-OH is 1. The lowest BCUT2D eigenvalue weighted by atomic mass is 10.3. The lowest BCUT2D eigenvalue weighted by molar-refractivity contribution is -0.132. The van der Waals surface area contributed by atoms with Crippen LogP contribution in [-0.2, 0) is 4.79 Å². The van der Waals surface area contributed by atoms with Gasteiger partial charge < -0.3 is 10.2 Å². The molecule has 1 unspecified atom stereocenters. The van der Waals surface area contributed by atoms with Gasteiger partial charge in [0.05, 0.1) is 6.10 Å². The molecule has 0 amide bonds. The summed E-state index contributed by atoms with van der Waals surface area (Å²) in [5, 5.41) is 16.3. The third-order valence-electron chi connectivity index (χ3n) is 0.956. The maximum Gasteiger partial charge on any atom is 0.330 e. The number of carboxylic acid groups (broad SMARTS) is 1. The van der Waals surface area contributed by atoms with Crippen LogP contribution in [0.2, 0.25) is 0 Å². The Bertz CT molecular complexity index is 115. The fraction of sp³-hybridized carbons (Fsp3) is 0.625. The molecule has 0 saturated heterocycles. The first-order chi connectivity index (χ1) is 4.91. The topological polar surface area (TPSA) is 57.5 Å². The highest BCUT2D eigenvalue weighted by Gasteiger charge is 1.90. The van der Waals surface area contributed by atoms with Crippen LogP contribution in [0.15, 0.2) is 12.2 Å². The molecule has 0 radical (unpaired) electrons. The van der Waals surface area contributed by atoms with E-state index in [2.05, 4.69) is 6.58 Å². The van der Waals surface area contributed by atoms with Crippen LogP contribution in [-0.4, -0.2) is 22.3 Å². The first-order valence-electron chi connectivity index (χ1n) is 3.48. The zero-order valence-electron chi connectivity index (χ0n) is 7.29. The molecule has 3 heteroatoms. The second-order valence-corrected chi connectivity index (χ2v) is 2.34. The van der Waals surface area contributed by atoms with E-state index in [0.717, 1.165) is 6.42 Å². The zero-order chi connectivity index (χ0) is 9.44. The van der Waals surface area contributed by atoms with Gasteiger partial charge in [-0.25, -0.2) is 4.79 Å². The van der Waals surface area contributed by atoms with Gasteiger partial charge in [-0.1, -0.05) is 13.5 Å². The molecule has 11 heavy (non-hydrogen) atoms. The lowest BCUT2D eigenvalue weighted by Gasteiger charge is -1.90. The maximum atomic E-state index is 9.60. The summed E-state index contributed by atoms with van der Waals surface area (Å²) >= 11 is 0. The number of hydrogen-bond acceptors (Lipinski definition) is 2. The molecule has 0 fully saturated rings. The summed E-state index contributed by atoms with van der Waals surface area (Å²) < 4.78 is 0. The average molecular weight is 160 g/mol. The molecule has 0 aliphatic rings. The van der Waals surface area contributed by atoms with Crippen LogP contribution in [0.3, 0.4) is 0 Å². The van der Waals surface area contributed by atoms with Crippen LogP contribution >= 0.6 is 0 Å². The molecule has 0 aliphatic heterocycles. The maximum absolute atomic E-state index is 9.60. The van der Waals surface area contributed by atoms with E-state index in [1.54, 1.807) is 6.92 Å².